The number of aryl methyl sites for hydroxylation is 1. The van der Waals surface area contributed by atoms with Crippen molar-refractivity contribution in [3.8, 4) is 17.2 Å². The van der Waals surface area contributed by atoms with E-state index in [0.29, 0.717) is 47.3 Å². The Morgan fingerprint density at radius 3 is 2.27 bits per heavy atom. The van der Waals surface area contributed by atoms with Gasteiger partial charge >= 0.3 is 0 Å². The number of hydrogen-bond acceptors (Lipinski definition) is 6. The van der Waals surface area contributed by atoms with Crippen molar-refractivity contribution in [1.29, 1.82) is 0 Å². The number of carbonyl (C=O) groups excluding carboxylic acids is 2. The summed E-state index contributed by atoms with van der Waals surface area (Å²) in [6.45, 7) is 6.63. The van der Waals surface area contributed by atoms with Crippen molar-refractivity contribution >= 4 is 23.1 Å². The fraction of sp³-hybridized carbons (Fsp3) is 0.267. The van der Waals surface area contributed by atoms with Crippen LogP contribution in [0, 0.1) is 0 Å². The summed E-state index contributed by atoms with van der Waals surface area (Å²) in [7, 11) is 1.55. The molecule has 0 spiro atoms. The van der Waals surface area contributed by atoms with Gasteiger partial charge in [-0.1, -0.05) is 37.3 Å². The molecule has 0 saturated carbocycles. The SMILES string of the molecule is CCOc1cccc(/C(O)=C2/C(=O)C(=O)N(c3ccc(CC)cc3)C2c2ccc(OC)c(OCC)c2)c1. The maximum atomic E-state index is 13.5. The summed E-state index contributed by atoms with van der Waals surface area (Å²) in [5.41, 5.74) is 2.64. The molecule has 1 aliphatic rings. The van der Waals surface area contributed by atoms with E-state index in [4.69, 9.17) is 14.2 Å². The van der Waals surface area contributed by atoms with Gasteiger partial charge in [-0.25, -0.2) is 0 Å². The maximum Gasteiger partial charge on any atom is 0.300 e. The van der Waals surface area contributed by atoms with E-state index in [1.165, 1.54) is 4.90 Å². The molecular formula is C30H31NO6. The molecule has 7 nitrogen and oxygen atoms in total. The number of ketones is 1. The largest absolute Gasteiger partial charge is 0.507 e. The average molecular weight is 502 g/mol. The number of amides is 1. The lowest BCUT2D eigenvalue weighted by Gasteiger charge is -2.26. The lowest BCUT2D eigenvalue weighted by Crippen LogP contribution is -2.29. The minimum atomic E-state index is -0.881. The average Bonchev–Trinajstić information content (AvgIpc) is 3.19. The molecule has 0 aliphatic carbocycles. The van der Waals surface area contributed by atoms with E-state index >= 15 is 0 Å². The second-order valence-corrected chi connectivity index (χ2v) is 8.49. The molecule has 37 heavy (non-hydrogen) atoms. The number of nitrogens with zero attached hydrogens (tertiary/aromatic N) is 1. The van der Waals surface area contributed by atoms with E-state index in [9.17, 15) is 14.7 Å². The van der Waals surface area contributed by atoms with Crippen LogP contribution >= 0.6 is 0 Å². The normalized spacial score (nSPS) is 16.6. The lowest BCUT2D eigenvalue weighted by atomic mass is 9.94. The second-order valence-electron chi connectivity index (χ2n) is 8.49. The molecule has 0 bridgehead atoms. The van der Waals surface area contributed by atoms with E-state index in [0.717, 1.165) is 12.0 Å². The zero-order valence-electron chi connectivity index (χ0n) is 21.5. The highest BCUT2D eigenvalue weighted by Crippen LogP contribution is 2.44. The highest BCUT2D eigenvalue weighted by Gasteiger charge is 2.47. The van der Waals surface area contributed by atoms with Crippen LogP contribution in [0.25, 0.3) is 5.76 Å². The second kappa shape index (κ2) is 11.2. The van der Waals surface area contributed by atoms with Gasteiger partial charge in [0.2, 0.25) is 0 Å². The first-order valence-electron chi connectivity index (χ1n) is 12.4. The summed E-state index contributed by atoms with van der Waals surface area (Å²) in [5.74, 6) is -0.197. The van der Waals surface area contributed by atoms with Crippen LogP contribution in [0.1, 0.15) is 43.5 Å². The zero-order chi connectivity index (χ0) is 26.5. The Bertz CT molecular complexity index is 1330. The Balaban J connectivity index is 1.93. The van der Waals surface area contributed by atoms with Crippen LogP contribution in [0.2, 0.25) is 0 Å². The van der Waals surface area contributed by atoms with Crippen LogP contribution in [0.3, 0.4) is 0 Å². The number of carbonyl (C=O) groups is 2. The molecule has 3 aromatic carbocycles. The number of anilines is 1. The van der Waals surface area contributed by atoms with Gasteiger partial charge in [-0.3, -0.25) is 14.5 Å². The first kappa shape index (κ1) is 25.8. The highest BCUT2D eigenvalue weighted by molar-refractivity contribution is 6.51. The molecule has 7 heteroatoms. The van der Waals surface area contributed by atoms with Gasteiger partial charge < -0.3 is 19.3 Å². The molecule has 192 valence electrons. The van der Waals surface area contributed by atoms with Crippen molar-refractivity contribution in [3.05, 3.63) is 89.0 Å². The highest BCUT2D eigenvalue weighted by atomic mass is 16.5. The number of hydrogen-bond donors (Lipinski definition) is 1. The number of ether oxygens (including phenoxy) is 3. The summed E-state index contributed by atoms with van der Waals surface area (Å²) in [6, 6.07) is 18.7. The van der Waals surface area contributed by atoms with E-state index in [2.05, 4.69) is 0 Å². The van der Waals surface area contributed by atoms with E-state index in [1.54, 1.807) is 49.6 Å². The summed E-state index contributed by atoms with van der Waals surface area (Å²) in [5, 5.41) is 11.4. The number of aliphatic hydroxyl groups excluding tert-OH is 1. The fourth-order valence-electron chi connectivity index (χ4n) is 4.49. The van der Waals surface area contributed by atoms with Crippen molar-refractivity contribution in [2.75, 3.05) is 25.2 Å². The van der Waals surface area contributed by atoms with Crippen LogP contribution < -0.4 is 19.1 Å². The Kier molecular flexibility index (Phi) is 7.82. The van der Waals surface area contributed by atoms with Crippen molar-refractivity contribution in [1.82, 2.24) is 0 Å². The molecule has 1 amide bonds. The summed E-state index contributed by atoms with van der Waals surface area (Å²) < 4.78 is 16.8. The Morgan fingerprint density at radius 2 is 1.62 bits per heavy atom. The van der Waals surface area contributed by atoms with Crippen LogP contribution in [-0.2, 0) is 16.0 Å². The Labute approximate surface area is 216 Å². The smallest absolute Gasteiger partial charge is 0.300 e. The van der Waals surface area contributed by atoms with E-state index < -0.39 is 17.7 Å². The monoisotopic (exact) mass is 501 g/mol. The lowest BCUT2D eigenvalue weighted by molar-refractivity contribution is -0.132. The van der Waals surface area contributed by atoms with Gasteiger partial charge in [-0.05, 0) is 67.8 Å². The number of methoxy groups -OCH3 is 1. The van der Waals surface area contributed by atoms with E-state index in [1.807, 2.05) is 45.0 Å². The zero-order valence-corrected chi connectivity index (χ0v) is 21.5. The third kappa shape index (κ3) is 5.03. The number of Topliss-reactive ketones (excluding diaryl/α,β-unsaturated/α-hetero) is 1. The predicted molar refractivity (Wildman–Crippen MR) is 142 cm³/mol. The van der Waals surface area contributed by atoms with Gasteiger partial charge in [-0.2, -0.15) is 0 Å². The van der Waals surface area contributed by atoms with Crippen molar-refractivity contribution in [3.63, 3.8) is 0 Å². The Morgan fingerprint density at radius 1 is 0.892 bits per heavy atom. The van der Waals surface area contributed by atoms with Crippen molar-refractivity contribution < 1.29 is 28.9 Å². The van der Waals surface area contributed by atoms with Gasteiger partial charge in [0, 0.05) is 11.3 Å². The third-order valence-corrected chi connectivity index (χ3v) is 6.29. The van der Waals surface area contributed by atoms with Crippen molar-refractivity contribution in [2.45, 2.75) is 33.2 Å². The number of rotatable bonds is 9. The molecular weight excluding hydrogens is 470 g/mol. The standard InChI is InChI=1S/C30H31NO6/c1-5-19-11-14-22(15-12-19)31-27(20-13-16-24(35-4)25(18-20)37-7-3)26(29(33)30(31)34)28(32)21-9-8-10-23(17-21)36-6-2/h8-18,27,32H,5-7H2,1-4H3/b28-26-. The quantitative estimate of drug-likeness (QED) is 0.231. The fourth-order valence-corrected chi connectivity index (χ4v) is 4.49. The minimum absolute atomic E-state index is 0.00849. The molecule has 3 aromatic rings. The minimum Gasteiger partial charge on any atom is -0.507 e. The molecule has 1 N–H and O–H groups in total. The van der Waals surface area contributed by atoms with Gasteiger partial charge in [0.15, 0.2) is 11.5 Å². The maximum absolute atomic E-state index is 13.5. The summed E-state index contributed by atoms with van der Waals surface area (Å²) in [4.78, 5) is 28.3. The van der Waals surface area contributed by atoms with Gasteiger partial charge in [0.25, 0.3) is 11.7 Å². The summed E-state index contributed by atoms with van der Waals surface area (Å²) >= 11 is 0. The van der Waals surface area contributed by atoms with Gasteiger partial charge in [-0.15, -0.1) is 0 Å². The third-order valence-electron chi connectivity index (χ3n) is 6.29. The van der Waals surface area contributed by atoms with Crippen LogP contribution in [0.15, 0.2) is 72.3 Å². The topological polar surface area (TPSA) is 85.3 Å². The molecule has 1 fully saturated rings. The van der Waals surface area contributed by atoms with Gasteiger partial charge in [0.1, 0.15) is 11.5 Å². The van der Waals surface area contributed by atoms with Crippen LogP contribution in [0.5, 0.6) is 17.2 Å². The van der Waals surface area contributed by atoms with Crippen molar-refractivity contribution in [2.24, 2.45) is 0 Å². The van der Waals surface area contributed by atoms with Crippen LogP contribution in [-0.4, -0.2) is 37.1 Å². The van der Waals surface area contributed by atoms with Gasteiger partial charge in [0.05, 0.1) is 31.9 Å². The molecule has 1 saturated heterocycles. The molecule has 0 radical (unpaired) electrons. The van der Waals surface area contributed by atoms with E-state index in [-0.39, 0.29) is 11.3 Å². The molecule has 1 unspecified atom stereocenters. The molecule has 0 aromatic heterocycles. The number of aliphatic hydroxyl groups is 1. The Hall–Kier alpha value is -4.26. The molecule has 1 aliphatic heterocycles. The molecule has 1 heterocycles. The first-order chi connectivity index (χ1) is 17.9. The molecule has 4 rings (SSSR count). The predicted octanol–water partition coefficient (Wildman–Crippen LogP) is 5.68. The molecule has 1 atom stereocenters. The first-order valence-corrected chi connectivity index (χ1v) is 12.4. The van der Waals surface area contributed by atoms with Crippen LogP contribution in [0.4, 0.5) is 5.69 Å². The number of benzene rings is 3. The summed E-state index contributed by atoms with van der Waals surface area (Å²) in [6.07, 6.45) is 0.842.